The van der Waals surface area contributed by atoms with E-state index in [1.165, 1.54) is 11.1 Å². The number of nitrogens with one attached hydrogen (secondary N) is 1. The van der Waals surface area contributed by atoms with Gasteiger partial charge in [-0.15, -0.1) is 11.3 Å². The van der Waals surface area contributed by atoms with Gasteiger partial charge in [-0.2, -0.15) is 0 Å². The molecule has 0 saturated heterocycles. The Hall–Kier alpha value is -2.18. The molecule has 3 aromatic rings. The number of rotatable bonds is 2. The van der Waals surface area contributed by atoms with E-state index >= 15 is 0 Å². The van der Waals surface area contributed by atoms with Gasteiger partial charge in [0.1, 0.15) is 5.56 Å². The first-order valence-electron chi connectivity index (χ1n) is 8.14. The van der Waals surface area contributed by atoms with E-state index in [2.05, 4.69) is 10.3 Å². The standard InChI is InChI=1S/C18H16ClN3O2S/c1-10-8-11(19)6-7-13(10)21-16(23)12-9-20-18-22(17(12)24)14-4-2-3-5-15(14)25-18/h6-9H,2-5H2,1H3,(H,21,23). The number of carbonyl (C=O) groups is 1. The van der Waals surface area contributed by atoms with Gasteiger partial charge < -0.3 is 5.32 Å². The van der Waals surface area contributed by atoms with Gasteiger partial charge in [0.15, 0.2) is 4.96 Å². The number of hydrogen-bond acceptors (Lipinski definition) is 4. The molecule has 128 valence electrons. The Bertz CT molecular complexity index is 1050. The van der Waals surface area contributed by atoms with Gasteiger partial charge in [-0.25, -0.2) is 4.98 Å². The molecule has 1 N–H and O–H groups in total. The monoisotopic (exact) mass is 373 g/mol. The molecule has 0 bridgehead atoms. The van der Waals surface area contributed by atoms with Crippen LogP contribution in [0.25, 0.3) is 4.96 Å². The van der Waals surface area contributed by atoms with Crippen molar-refractivity contribution in [3.05, 3.63) is 61.5 Å². The first-order valence-corrected chi connectivity index (χ1v) is 9.34. The molecule has 1 amide bonds. The number of hydrogen-bond donors (Lipinski definition) is 1. The van der Waals surface area contributed by atoms with E-state index in [1.807, 2.05) is 6.92 Å². The summed E-state index contributed by atoms with van der Waals surface area (Å²) in [6.07, 6.45) is 5.41. The van der Waals surface area contributed by atoms with Crippen molar-refractivity contribution in [3.63, 3.8) is 0 Å². The number of thiazole rings is 1. The number of carbonyl (C=O) groups excluding carboxylic acids is 1. The van der Waals surface area contributed by atoms with Crippen LogP contribution in [0.5, 0.6) is 0 Å². The minimum Gasteiger partial charge on any atom is -0.322 e. The van der Waals surface area contributed by atoms with Gasteiger partial charge in [0.2, 0.25) is 0 Å². The molecule has 2 aromatic heterocycles. The highest BCUT2D eigenvalue weighted by molar-refractivity contribution is 7.17. The predicted octanol–water partition coefficient (Wildman–Crippen LogP) is 3.85. The van der Waals surface area contributed by atoms with E-state index in [-0.39, 0.29) is 11.1 Å². The van der Waals surface area contributed by atoms with Crippen molar-refractivity contribution in [2.45, 2.75) is 32.6 Å². The second-order valence-corrected chi connectivity index (χ2v) is 7.69. The van der Waals surface area contributed by atoms with Gasteiger partial charge in [-0.05, 0) is 56.4 Å². The molecule has 4 rings (SSSR count). The fourth-order valence-electron chi connectivity index (χ4n) is 3.18. The lowest BCUT2D eigenvalue weighted by Crippen LogP contribution is -2.27. The summed E-state index contributed by atoms with van der Waals surface area (Å²) in [5.41, 5.74) is 2.24. The van der Waals surface area contributed by atoms with Crippen molar-refractivity contribution in [1.82, 2.24) is 9.38 Å². The van der Waals surface area contributed by atoms with Crippen LogP contribution in [0, 0.1) is 6.92 Å². The predicted molar refractivity (Wildman–Crippen MR) is 100 cm³/mol. The van der Waals surface area contributed by atoms with Crippen molar-refractivity contribution in [1.29, 1.82) is 0 Å². The number of halogens is 1. The van der Waals surface area contributed by atoms with E-state index in [4.69, 9.17) is 11.6 Å². The smallest absolute Gasteiger partial charge is 0.271 e. The number of amides is 1. The van der Waals surface area contributed by atoms with Crippen LogP contribution in [-0.2, 0) is 12.8 Å². The topological polar surface area (TPSA) is 63.5 Å². The number of anilines is 1. The van der Waals surface area contributed by atoms with Gasteiger partial charge in [-0.3, -0.25) is 14.0 Å². The molecule has 7 heteroatoms. The zero-order valence-electron chi connectivity index (χ0n) is 13.6. The van der Waals surface area contributed by atoms with E-state index < -0.39 is 5.91 Å². The molecular formula is C18H16ClN3O2S. The molecule has 0 radical (unpaired) electrons. The van der Waals surface area contributed by atoms with Crippen molar-refractivity contribution in [2.75, 3.05) is 5.32 Å². The minimum atomic E-state index is -0.451. The second kappa shape index (κ2) is 6.28. The van der Waals surface area contributed by atoms with Crippen LogP contribution in [0.2, 0.25) is 5.02 Å². The molecule has 0 unspecified atom stereocenters. The maximum atomic E-state index is 12.9. The Balaban J connectivity index is 1.75. The molecule has 0 atom stereocenters. The summed E-state index contributed by atoms with van der Waals surface area (Å²) in [6, 6.07) is 5.19. The summed E-state index contributed by atoms with van der Waals surface area (Å²) in [4.78, 5) is 31.7. The molecule has 1 aromatic carbocycles. The summed E-state index contributed by atoms with van der Waals surface area (Å²) in [7, 11) is 0. The van der Waals surface area contributed by atoms with Crippen LogP contribution in [0.3, 0.4) is 0 Å². The van der Waals surface area contributed by atoms with Crippen molar-refractivity contribution < 1.29 is 4.79 Å². The van der Waals surface area contributed by atoms with Crippen LogP contribution in [-0.4, -0.2) is 15.3 Å². The maximum absolute atomic E-state index is 12.9. The third-order valence-corrected chi connectivity index (χ3v) is 5.88. The Morgan fingerprint density at radius 1 is 1.32 bits per heavy atom. The highest BCUT2D eigenvalue weighted by atomic mass is 35.5. The van der Waals surface area contributed by atoms with Gasteiger partial charge in [0, 0.05) is 27.5 Å². The fraction of sp³-hybridized carbons (Fsp3) is 0.278. The van der Waals surface area contributed by atoms with E-state index in [0.29, 0.717) is 15.7 Å². The number of nitrogens with zero attached hydrogens (tertiary/aromatic N) is 2. The lowest BCUT2D eigenvalue weighted by Gasteiger charge is -2.11. The minimum absolute atomic E-state index is 0.0537. The summed E-state index contributed by atoms with van der Waals surface area (Å²) in [5, 5.41) is 3.38. The molecule has 25 heavy (non-hydrogen) atoms. The van der Waals surface area contributed by atoms with Crippen LogP contribution < -0.4 is 10.9 Å². The lowest BCUT2D eigenvalue weighted by atomic mass is 10.0. The van der Waals surface area contributed by atoms with Crippen molar-refractivity contribution in [2.24, 2.45) is 0 Å². The Kier molecular flexibility index (Phi) is 4.09. The summed E-state index contributed by atoms with van der Waals surface area (Å²) >= 11 is 7.49. The number of aryl methyl sites for hydroxylation is 3. The number of aromatic nitrogens is 2. The Labute approximate surface area is 153 Å². The maximum Gasteiger partial charge on any atom is 0.271 e. The normalized spacial score (nSPS) is 13.7. The zero-order chi connectivity index (χ0) is 17.6. The SMILES string of the molecule is Cc1cc(Cl)ccc1NC(=O)c1cnc2sc3c(n2c1=O)CCCC3. The average molecular weight is 374 g/mol. The highest BCUT2D eigenvalue weighted by Crippen LogP contribution is 2.28. The van der Waals surface area contributed by atoms with Gasteiger partial charge in [0.05, 0.1) is 0 Å². The second-order valence-electron chi connectivity index (χ2n) is 6.19. The fourth-order valence-corrected chi connectivity index (χ4v) is 4.58. The lowest BCUT2D eigenvalue weighted by molar-refractivity contribution is 0.102. The summed E-state index contributed by atoms with van der Waals surface area (Å²) in [5.74, 6) is -0.451. The molecule has 0 saturated carbocycles. The molecular weight excluding hydrogens is 358 g/mol. The van der Waals surface area contributed by atoms with E-state index in [1.54, 1.807) is 33.9 Å². The third-order valence-electron chi connectivity index (χ3n) is 4.48. The average Bonchev–Trinajstić information content (AvgIpc) is 2.97. The molecule has 0 aliphatic heterocycles. The van der Waals surface area contributed by atoms with E-state index in [9.17, 15) is 9.59 Å². The van der Waals surface area contributed by atoms with Crippen LogP contribution >= 0.6 is 22.9 Å². The van der Waals surface area contributed by atoms with Gasteiger partial charge in [0.25, 0.3) is 11.5 Å². The van der Waals surface area contributed by atoms with Crippen LogP contribution in [0.1, 0.15) is 39.3 Å². The van der Waals surface area contributed by atoms with Crippen LogP contribution in [0.4, 0.5) is 5.69 Å². The van der Waals surface area contributed by atoms with Gasteiger partial charge >= 0.3 is 0 Å². The molecule has 0 spiro atoms. The largest absolute Gasteiger partial charge is 0.322 e. The molecule has 1 aliphatic rings. The third kappa shape index (κ3) is 2.85. The first kappa shape index (κ1) is 16.3. The van der Waals surface area contributed by atoms with E-state index in [0.717, 1.165) is 36.9 Å². The Morgan fingerprint density at radius 2 is 2.12 bits per heavy atom. The number of benzene rings is 1. The summed E-state index contributed by atoms with van der Waals surface area (Å²) < 4.78 is 1.61. The van der Waals surface area contributed by atoms with Crippen molar-refractivity contribution >= 4 is 39.5 Å². The first-order chi connectivity index (χ1) is 12.0. The van der Waals surface area contributed by atoms with Crippen molar-refractivity contribution in [3.8, 4) is 0 Å². The number of fused-ring (bicyclic) bond motifs is 3. The molecule has 1 aliphatic carbocycles. The highest BCUT2D eigenvalue weighted by Gasteiger charge is 2.21. The Morgan fingerprint density at radius 3 is 2.92 bits per heavy atom. The van der Waals surface area contributed by atoms with Crippen LogP contribution in [0.15, 0.2) is 29.2 Å². The summed E-state index contributed by atoms with van der Waals surface area (Å²) in [6.45, 7) is 1.85. The molecule has 5 nitrogen and oxygen atoms in total. The van der Waals surface area contributed by atoms with Gasteiger partial charge in [-0.1, -0.05) is 11.6 Å². The zero-order valence-corrected chi connectivity index (χ0v) is 15.2. The molecule has 0 fully saturated rings. The molecule has 2 heterocycles. The quantitative estimate of drug-likeness (QED) is 0.742.